The summed E-state index contributed by atoms with van der Waals surface area (Å²) in [5.41, 5.74) is 0.128. The van der Waals surface area contributed by atoms with Crippen molar-refractivity contribution in [3.63, 3.8) is 0 Å². The highest BCUT2D eigenvalue weighted by atomic mass is 16.5. The summed E-state index contributed by atoms with van der Waals surface area (Å²) in [6.07, 6.45) is 0. The van der Waals surface area contributed by atoms with Crippen LogP contribution in [0.4, 0.5) is 0 Å². The summed E-state index contributed by atoms with van der Waals surface area (Å²) in [5, 5.41) is 8.74. The molecule has 5 heteroatoms. The van der Waals surface area contributed by atoms with Crippen LogP contribution in [0, 0.1) is 0 Å². The predicted octanol–water partition coefficient (Wildman–Crippen LogP) is 0.577. The fourth-order valence-corrected chi connectivity index (χ4v) is 0.975. The molecule has 0 amide bonds. The molecule has 0 aliphatic rings. The van der Waals surface area contributed by atoms with Crippen molar-refractivity contribution >= 4 is 5.97 Å². The monoisotopic (exact) mass is 200 g/mol. The van der Waals surface area contributed by atoms with Gasteiger partial charge in [0.1, 0.15) is 17.1 Å². The first-order valence-corrected chi connectivity index (χ1v) is 3.64. The Balaban J connectivity index is 0.00000169. The number of carboxylic acids is 1. The molecular weight excluding hydrogens is 188 g/mol. The largest absolute Gasteiger partial charge is 0.497 e. The second-order valence-electron chi connectivity index (χ2n) is 2.37. The smallest absolute Gasteiger partial charge is 0.339 e. The van der Waals surface area contributed by atoms with E-state index in [-0.39, 0.29) is 11.0 Å². The minimum absolute atomic E-state index is 0. The highest BCUT2D eigenvalue weighted by molar-refractivity contribution is 5.91. The van der Waals surface area contributed by atoms with Gasteiger partial charge in [-0.2, -0.15) is 0 Å². The summed E-state index contributed by atoms with van der Waals surface area (Å²) >= 11 is 0. The molecule has 1 rings (SSSR count). The third-order valence-electron chi connectivity index (χ3n) is 1.64. The van der Waals surface area contributed by atoms with E-state index in [9.17, 15) is 4.79 Å². The van der Waals surface area contributed by atoms with Gasteiger partial charge in [0, 0.05) is 6.07 Å². The van der Waals surface area contributed by atoms with Crippen LogP contribution in [0.2, 0.25) is 0 Å². The zero-order valence-corrected chi connectivity index (χ0v) is 7.90. The molecule has 0 spiro atoms. The van der Waals surface area contributed by atoms with Gasteiger partial charge in [0.25, 0.3) is 0 Å². The van der Waals surface area contributed by atoms with Crippen LogP contribution in [-0.4, -0.2) is 30.8 Å². The van der Waals surface area contributed by atoms with E-state index < -0.39 is 5.97 Å². The van der Waals surface area contributed by atoms with Crippen molar-refractivity contribution in [1.29, 1.82) is 0 Å². The fourth-order valence-electron chi connectivity index (χ4n) is 0.975. The lowest BCUT2D eigenvalue weighted by molar-refractivity contribution is 0.0693. The predicted molar refractivity (Wildman–Crippen MR) is 50.1 cm³/mol. The van der Waals surface area contributed by atoms with E-state index in [4.69, 9.17) is 14.6 Å². The van der Waals surface area contributed by atoms with Crippen molar-refractivity contribution in [3.05, 3.63) is 23.8 Å². The fraction of sp³-hybridized carbons (Fsp3) is 0.222. The molecule has 0 saturated carbocycles. The molecule has 0 heterocycles. The topological polar surface area (TPSA) is 87.3 Å². The summed E-state index contributed by atoms with van der Waals surface area (Å²) in [7, 11) is 2.93. The minimum Gasteiger partial charge on any atom is -0.497 e. The van der Waals surface area contributed by atoms with Gasteiger partial charge in [0.15, 0.2) is 0 Å². The third kappa shape index (κ3) is 2.37. The Labute approximate surface area is 81.2 Å². The number of ether oxygens (including phenoxy) is 2. The summed E-state index contributed by atoms with van der Waals surface area (Å²) < 4.78 is 9.81. The molecular formula is C9H12O5. The average Bonchev–Trinajstić information content (AvgIpc) is 2.16. The number of rotatable bonds is 3. The molecule has 0 bridgehead atoms. The second-order valence-corrected chi connectivity index (χ2v) is 2.37. The van der Waals surface area contributed by atoms with Crippen LogP contribution in [0.5, 0.6) is 11.5 Å². The van der Waals surface area contributed by atoms with Crippen molar-refractivity contribution in [2.75, 3.05) is 14.2 Å². The number of carbonyl (C=O) groups is 1. The number of methoxy groups -OCH3 is 2. The highest BCUT2D eigenvalue weighted by Crippen LogP contribution is 2.24. The summed E-state index contributed by atoms with van der Waals surface area (Å²) in [4.78, 5) is 10.7. The van der Waals surface area contributed by atoms with Gasteiger partial charge >= 0.3 is 5.97 Å². The lowest BCUT2D eigenvalue weighted by Crippen LogP contribution is -2.00. The van der Waals surface area contributed by atoms with Gasteiger partial charge in [-0.1, -0.05) is 0 Å². The number of benzene rings is 1. The van der Waals surface area contributed by atoms with Gasteiger partial charge < -0.3 is 20.1 Å². The molecule has 0 aliphatic carbocycles. The Morgan fingerprint density at radius 1 is 1.29 bits per heavy atom. The van der Waals surface area contributed by atoms with E-state index in [1.165, 1.54) is 26.4 Å². The van der Waals surface area contributed by atoms with Crippen molar-refractivity contribution < 1.29 is 24.9 Å². The van der Waals surface area contributed by atoms with E-state index in [2.05, 4.69) is 0 Å². The molecule has 5 nitrogen and oxygen atoms in total. The first-order valence-electron chi connectivity index (χ1n) is 3.64. The van der Waals surface area contributed by atoms with Gasteiger partial charge in [0.2, 0.25) is 0 Å². The van der Waals surface area contributed by atoms with Gasteiger partial charge in [-0.05, 0) is 12.1 Å². The number of hydrogen-bond donors (Lipinski definition) is 1. The first-order chi connectivity index (χ1) is 6.19. The van der Waals surface area contributed by atoms with Gasteiger partial charge in [-0.15, -0.1) is 0 Å². The Morgan fingerprint density at radius 3 is 2.36 bits per heavy atom. The number of hydrogen-bond acceptors (Lipinski definition) is 3. The summed E-state index contributed by atoms with van der Waals surface area (Å²) in [6, 6.07) is 4.55. The zero-order chi connectivity index (χ0) is 9.84. The number of carboxylic acid groups (broad SMARTS) is 1. The normalized spacial score (nSPS) is 8.71. The molecule has 0 fully saturated rings. The average molecular weight is 200 g/mol. The molecule has 0 unspecified atom stereocenters. The lowest BCUT2D eigenvalue weighted by Gasteiger charge is -2.06. The van der Waals surface area contributed by atoms with Gasteiger partial charge in [0.05, 0.1) is 14.2 Å². The maximum absolute atomic E-state index is 10.7. The Kier molecular flexibility index (Phi) is 4.45. The quantitative estimate of drug-likeness (QED) is 0.772. The highest BCUT2D eigenvalue weighted by Gasteiger charge is 2.10. The second kappa shape index (κ2) is 5.08. The van der Waals surface area contributed by atoms with Crippen LogP contribution in [0.3, 0.4) is 0 Å². The molecule has 0 aliphatic heterocycles. The van der Waals surface area contributed by atoms with Crippen molar-refractivity contribution in [2.45, 2.75) is 0 Å². The van der Waals surface area contributed by atoms with Crippen LogP contribution in [0.15, 0.2) is 18.2 Å². The van der Waals surface area contributed by atoms with E-state index in [0.717, 1.165) is 0 Å². The van der Waals surface area contributed by atoms with Crippen LogP contribution < -0.4 is 9.47 Å². The molecule has 0 aromatic heterocycles. The Morgan fingerprint density at radius 2 is 1.93 bits per heavy atom. The minimum atomic E-state index is -1.01. The molecule has 0 radical (unpaired) electrons. The molecule has 0 saturated heterocycles. The molecule has 3 N–H and O–H groups in total. The maximum Gasteiger partial charge on any atom is 0.339 e. The van der Waals surface area contributed by atoms with E-state index >= 15 is 0 Å². The first kappa shape index (κ1) is 12.2. The van der Waals surface area contributed by atoms with Gasteiger partial charge in [-0.3, -0.25) is 0 Å². The SMILES string of the molecule is COc1ccc(C(=O)O)c(OC)c1.O. The molecule has 1 aromatic carbocycles. The van der Waals surface area contributed by atoms with Crippen LogP contribution in [0.25, 0.3) is 0 Å². The van der Waals surface area contributed by atoms with E-state index in [1.807, 2.05) is 0 Å². The third-order valence-corrected chi connectivity index (χ3v) is 1.64. The van der Waals surface area contributed by atoms with Crippen molar-refractivity contribution in [1.82, 2.24) is 0 Å². The van der Waals surface area contributed by atoms with E-state index in [1.54, 1.807) is 6.07 Å². The van der Waals surface area contributed by atoms with Gasteiger partial charge in [-0.25, -0.2) is 4.79 Å². The lowest BCUT2D eigenvalue weighted by atomic mass is 10.2. The maximum atomic E-state index is 10.7. The van der Waals surface area contributed by atoms with Crippen LogP contribution in [-0.2, 0) is 0 Å². The van der Waals surface area contributed by atoms with E-state index in [0.29, 0.717) is 11.5 Å². The Hall–Kier alpha value is -1.75. The van der Waals surface area contributed by atoms with Crippen molar-refractivity contribution in [3.8, 4) is 11.5 Å². The summed E-state index contributed by atoms with van der Waals surface area (Å²) in [5.74, 6) is -0.145. The van der Waals surface area contributed by atoms with Crippen LogP contribution >= 0.6 is 0 Å². The molecule has 0 atom stereocenters. The summed E-state index contributed by atoms with van der Waals surface area (Å²) in [6.45, 7) is 0. The van der Waals surface area contributed by atoms with Crippen molar-refractivity contribution in [2.24, 2.45) is 0 Å². The van der Waals surface area contributed by atoms with Crippen LogP contribution in [0.1, 0.15) is 10.4 Å². The standard InChI is InChI=1S/C9H10O4.H2O/c1-12-6-3-4-7(9(10)11)8(5-6)13-2;/h3-5H,1-2H3,(H,10,11);1H2. The number of aromatic carboxylic acids is 1. The molecule has 1 aromatic rings. The molecule has 14 heavy (non-hydrogen) atoms. The Bertz CT molecular complexity index is 321. The zero-order valence-electron chi connectivity index (χ0n) is 7.90. The molecule has 78 valence electrons.